The molecule has 2 fully saturated rings. The van der Waals surface area contributed by atoms with Gasteiger partial charge in [-0.3, -0.25) is 0 Å². The van der Waals surface area contributed by atoms with E-state index in [1.807, 2.05) is 0 Å². The van der Waals surface area contributed by atoms with E-state index in [9.17, 15) is 0 Å². The third kappa shape index (κ3) is 1.94. The highest BCUT2D eigenvalue weighted by Crippen LogP contribution is 2.62. The van der Waals surface area contributed by atoms with Crippen LogP contribution in [0.3, 0.4) is 0 Å². The first-order valence-corrected chi connectivity index (χ1v) is 9.21. The Balaban J connectivity index is 1.72. The molecule has 0 amide bonds. The van der Waals surface area contributed by atoms with E-state index >= 15 is 0 Å². The Kier molecular flexibility index (Phi) is 3.24. The fourth-order valence-electron chi connectivity index (χ4n) is 5.93. The number of hydrogen-bond acceptors (Lipinski definition) is 1. The highest BCUT2D eigenvalue weighted by molar-refractivity contribution is 5.42. The van der Waals surface area contributed by atoms with E-state index in [0.29, 0.717) is 16.9 Å². The van der Waals surface area contributed by atoms with Crippen molar-refractivity contribution in [2.75, 3.05) is 14.1 Å². The smallest absolute Gasteiger partial charge is 0.0310 e. The lowest BCUT2D eigenvalue weighted by atomic mass is 9.52. The van der Waals surface area contributed by atoms with Crippen molar-refractivity contribution in [2.24, 2.45) is 22.7 Å². The summed E-state index contributed by atoms with van der Waals surface area (Å²) in [7, 11) is 4.40. The van der Waals surface area contributed by atoms with Crippen LogP contribution in [0.4, 0.5) is 0 Å². The van der Waals surface area contributed by atoms with Crippen molar-refractivity contribution in [1.29, 1.82) is 0 Å². The second-order valence-electron chi connectivity index (χ2n) is 8.93. The molecule has 0 bridgehead atoms. The average Bonchev–Trinajstić information content (AvgIpc) is 2.88. The third-order valence-corrected chi connectivity index (χ3v) is 7.54. The molecule has 4 aliphatic rings. The minimum absolute atomic E-state index is 0.292. The van der Waals surface area contributed by atoms with Crippen molar-refractivity contribution < 1.29 is 0 Å². The van der Waals surface area contributed by atoms with Gasteiger partial charge in [0.25, 0.3) is 0 Å². The summed E-state index contributed by atoms with van der Waals surface area (Å²) in [6.45, 7) is 5.07. The molecule has 120 valence electrons. The summed E-state index contributed by atoms with van der Waals surface area (Å²) >= 11 is 0. The maximum Gasteiger partial charge on any atom is 0.0310 e. The van der Waals surface area contributed by atoms with Crippen LogP contribution in [0.2, 0.25) is 0 Å². The predicted molar refractivity (Wildman–Crippen MR) is 93.7 cm³/mol. The van der Waals surface area contributed by atoms with Crippen LogP contribution in [0.1, 0.15) is 52.4 Å². The van der Waals surface area contributed by atoms with E-state index in [1.165, 1.54) is 38.5 Å². The van der Waals surface area contributed by atoms with Crippen molar-refractivity contribution in [3.05, 3.63) is 35.5 Å². The third-order valence-electron chi connectivity index (χ3n) is 7.54. The maximum absolute atomic E-state index is 2.56. The van der Waals surface area contributed by atoms with Crippen LogP contribution in [0.5, 0.6) is 0 Å². The van der Waals surface area contributed by atoms with E-state index in [4.69, 9.17) is 0 Å². The lowest BCUT2D eigenvalue weighted by Crippen LogP contribution is -2.44. The lowest BCUT2D eigenvalue weighted by molar-refractivity contribution is 0.128. The molecule has 1 heteroatoms. The van der Waals surface area contributed by atoms with Crippen molar-refractivity contribution in [3.8, 4) is 0 Å². The minimum atomic E-state index is 0.292. The molecular weight excluding hydrogens is 266 g/mol. The zero-order valence-electron chi connectivity index (χ0n) is 14.7. The highest BCUT2D eigenvalue weighted by Gasteiger charge is 2.52. The van der Waals surface area contributed by atoms with Gasteiger partial charge in [0.05, 0.1) is 0 Å². The van der Waals surface area contributed by atoms with E-state index < -0.39 is 0 Å². The summed E-state index contributed by atoms with van der Waals surface area (Å²) < 4.78 is 0. The summed E-state index contributed by atoms with van der Waals surface area (Å²) in [6.07, 6.45) is 18.4. The first-order valence-electron chi connectivity index (χ1n) is 9.21. The number of hydrogen-bond donors (Lipinski definition) is 0. The number of nitrogens with zero attached hydrogens (tertiary/aromatic N) is 1. The Bertz CT molecular complexity index is 566. The maximum atomic E-state index is 2.56. The van der Waals surface area contributed by atoms with Gasteiger partial charge in [0.15, 0.2) is 0 Å². The summed E-state index contributed by atoms with van der Waals surface area (Å²) in [5.41, 5.74) is 4.37. The van der Waals surface area contributed by atoms with Crippen LogP contribution in [0, 0.1) is 22.7 Å². The van der Waals surface area contributed by atoms with E-state index in [1.54, 1.807) is 11.1 Å². The van der Waals surface area contributed by atoms with Gasteiger partial charge in [0.2, 0.25) is 0 Å². The standard InChI is InChI=1S/C21H31N/c1-20-11-5-6-18(20)17-8-7-15-14-16(22(3)4)9-13-21(15,2)19(17)10-12-20/h7-9,13,16,18-19H,5-6,10-12,14H2,1-4H3/t16?,18-,19-,20-,21-/m0/s1. The van der Waals surface area contributed by atoms with E-state index in [2.05, 4.69) is 57.1 Å². The van der Waals surface area contributed by atoms with Crippen molar-refractivity contribution >= 4 is 0 Å². The topological polar surface area (TPSA) is 3.24 Å². The molecule has 0 radical (unpaired) electrons. The predicted octanol–water partition coefficient (Wildman–Crippen LogP) is 4.97. The first kappa shape index (κ1) is 14.8. The lowest BCUT2D eigenvalue weighted by Gasteiger charge is -2.52. The summed E-state index contributed by atoms with van der Waals surface area (Å²) in [6, 6.07) is 0.578. The number of likely N-dealkylation sites (N-methyl/N-ethyl adjacent to an activating group) is 1. The SMILES string of the molecule is CN(C)C1C=C[C@@]2(C)C(=CC=C3[C@@H]4CCC[C@@]4(C)CC[C@@H]32)C1. The van der Waals surface area contributed by atoms with Gasteiger partial charge in [0, 0.05) is 11.5 Å². The molecule has 0 N–H and O–H groups in total. The second kappa shape index (κ2) is 4.84. The number of fused-ring (bicyclic) bond motifs is 5. The zero-order valence-corrected chi connectivity index (χ0v) is 14.7. The van der Waals surface area contributed by atoms with Gasteiger partial charge < -0.3 is 4.90 Å². The van der Waals surface area contributed by atoms with E-state index in [-0.39, 0.29) is 0 Å². The van der Waals surface area contributed by atoms with Crippen LogP contribution in [0.15, 0.2) is 35.5 Å². The summed E-state index contributed by atoms with van der Waals surface area (Å²) in [5, 5.41) is 0. The van der Waals surface area contributed by atoms with Crippen LogP contribution in [-0.2, 0) is 0 Å². The molecule has 0 aromatic heterocycles. The molecule has 4 aliphatic carbocycles. The Labute approximate surface area is 136 Å². The molecular formula is C21H31N. The average molecular weight is 297 g/mol. The quantitative estimate of drug-likeness (QED) is 0.618. The van der Waals surface area contributed by atoms with Crippen LogP contribution < -0.4 is 0 Å². The Morgan fingerprint density at radius 2 is 1.86 bits per heavy atom. The molecule has 0 aromatic carbocycles. The Hall–Kier alpha value is -0.820. The van der Waals surface area contributed by atoms with E-state index in [0.717, 1.165) is 11.8 Å². The first-order chi connectivity index (χ1) is 10.4. The van der Waals surface area contributed by atoms with Crippen LogP contribution in [-0.4, -0.2) is 25.0 Å². The molecule has 0 aromatic rings. The van der Waals surface area contributed by atoms with Crippen LogP contribution in [0.25, 0.3) is 0 Å². The molecule has 0 heterocycles. The van der Waals surface area contributed by atoms with Crippen molar-refractivity contribution in [3.63, 3.8) is 0 Å². The fraction of sp³-hybridized carbons (Fsp3) is 0.714. The highest BCUT2D eigenvalue weighted by atomic mass is 15.1. The van der Waals surface area contributed by atoms with Crippen molar-refractivity contribution in [1.82, 2.24) is 4.90 Å². The largest absolute Gasteiger partial charge is 0.303 e. The van der Waals surface area contributed by atoms with Gasteiger partial charge in [-0.25, -0.2) is 0 Å². The molecule has 1 unspecified atom stereocenters. The number of rotatable bonds is 1. The molecule has 1 nitrogen and oxygen atoms in total. The second-order valence-corrected chi connectivity index (χ2v) is 8.93. The van der Waals surface area contributed by atoms with Gasteiger partial charge in [-0.2, -0.15) is 0 Å². The van der Waals surface area contributed by atoms with Crippen LogP contribution >= 0.6 is 0 Å². The van der Waals surface area contributed by atoms with Gasteiger partial charge in [0.1, 0.15) is 0 Å². The molecule has 0 aliphatic heterocycles. The zero-order chi connectivity index (χ0) is 15.5. The monoisotopic (exact) mass is 297 g/mol. The Morgan fingerprint density at radius 3 is 2.64 bits per heavy atom. The summed E-state index contributed by atoms with van der Waals surface area (Å²) in [4.78, 5) is 2.35. The normalized spacial score (nSPS) is 46.7. The minimum Gasteiger partial charge on any atom is -0.303 e. The number of allylic oxidation sites excluding steroid dienone is 4. The van der Waals surface area contributed by atoms with Gasteiger partial charge in [-0.05, 0) is 63.5 Å². The summed E-state index contributed by atoms with van der Waals surface area (Å²) in [5.74, 6) is 1.63. The molecule has 22 heavy (non-hydrogen) atoms. The van der Waals surface area contributed by atoms with Gasteiger partial charge in [-0.15, -0.1) is 0 Å². The fourth-order valence-corrected chi connectivity index (χ4v) is 5.93. The Morgan fingerprint density at radius 1 is 1.05 bits per heavy atom. The molecule has 0 saturated heterocycles. The molecule has 4 rings (SSSR count). The van der Waals surface area contributed by atoms with Crippen molar-refractivity contribution in [2.45, 2.75) is 58.4 Å². The molecule has 0 spiro atoms. The molecule has 2 saturated carbocycles. The van der Waals surface area contributed by atoms with Gasteiger partial charge in [-0.1, -0.05) is 55.7 Å². The van der Waals surface area contributed by atoms with Gasteiger partial charge >= 0.3 is 0 Å². The molecule has 5 atom stereocenters.